The third-order valence-corrected chi connectivity index (χ3v) is 2.91. The van der Waals surface area contributed by atoms with Crippen LogP contribution in [0.4, 0.5) is 0 Å². The van der Waals surface area contributed by atoms with Gasteiger partial charge in [0.15, 0.2) is 0 Å². The van der Waals surface area contributed by atoms with E-state index in [1.165, 1.54) is 32.1 Å². The van der Waals surface area contributed by atoms with E-state index >= 15 is 0 Å². The lowest BCUT2D eigenvalue weighted by Crippen LogP contribution is -2.13. The molecule has 0 unspecified atom stereocenters. The first-order valence-corrected chi connectivity index (χ1v) is 4.70. The van der Waals surface area contributed by atoms with Gasteiger partial charge in [0, 0.05) is 0 Å². The highest BCUT2D eigenvalue weighted by atomic mass is 16.6. The molecule has 0 aromatic carbocycles. The van der Waals surface area contributed by atoms with E-state index < -0.39 is 0 Å². The van der Waals surface area contributed by atoms with Crippen LogP contribution in [-0.4, -0.2) is 12.2 Å². The molecule has 2 aliphatic rings. The molecule has 0 N–H and O–H groups in total. The van der Waals surface area contributed by atoms with Gasteiger partial charge in [-0.05, 0) is 18.8 Å². The zero-order chi connectivity index (χ0) is 7.68. The number of rotatable bonds is 2. The van der Waals surface area contributed by atoms with E-state index in [1.807, 2.05) is 6.08 Å². The molecule has 0 aromatic heterocycles. The molecule has 11 heavy (non-hydrogen) atoms. The predicted octanol–water partition coefficient (Wildman–Crippen LogP) is 2.52. The van der Waals surface area contributed by atoms with Crippen molar-refractivity contribution in [3.8, 4) is 0 Å². The molecule has 2 rings (SSSR count). The zero-order valence-corrected chi connectivity index (χ0v) is 6.96. The van der Waals surface area contributed by atoms with Crippen LogP contribution in [0, 0.1) is 5.92 Å². The van der Waals surface area contributed by atoms with Gasteiger partial charge in [0.25, 0.3) is 0 Å². The van der Waals surface area contributed by atoms with Crippen molar-refractivity contribution in [3.05, 3.63) is 12.7 Å². The molecule has 1 saturated carbocycles. The van der Waals surface area contributed by atoms with Crippen LogP contribution >= 0.6 is 0 Å². The van der Waals surface area contributed by atoms with Crippen molar-refractivity contribution in [2.45, 2.75) is 44.3 Å². The van der Waals surface area contributed by atoms with Gasteiger partial charge in [-0.2, -0.15) is 0 Å². The topological polar surface area (TPSA) is 12.5 Å². The summed E-state index contributed by atoms with van der Waals surface area (Å²) in [5.41, 5.74) is 0. The van der Waals surface area contributed by atoms with Crippen molar-refractivity contribution in [1.29, 1.82) is 0 Å². The van der Waals surface area contributed by atoms with Crippen LogP contribution in [0.25, 0.3) is 0 Å². The van der Waals surface area contributed by atoms with Crippen LogP contribution < -0.4 is 0 Å². The summed E-state index contributed by atoms with van der Waals surface area (Å²) in [6.07, 6.45) is 9.92. The van der Waals surface area contributed by atoms with E-state index in [0.29, 0.717) is 12.2 Å². The summed E-state index contributed by atoms with van der Waals surface area (Å²) in [6, 6.07) is 0. The van der Waals surface area contributed by atoms with E-state index in [1.54, 1.807) is 0 Å². The summed E-state index contributed by atoms with van der Waals surface area (Å²) in [5.74, 6) is 0.853. The Hall–Kier alpha value is -0.300. The third kappa shape index (κ3) is 1.48. The molecule has 2 atom stereocenters. The van der Waals surface area contributed by atoms with E-state index in [2.05, 4.69) is 6.58 Å². The second-order valence-electron chi connectivity index (χ2n) is 3.70. The SMILES string of the molecule is C=C[C@H]1O[C@H]1C1CCCCC1. The highest BCUT2D eigenvalue weighted by molar-refractivity contribution is 5.01. The summed E-state index contributed by atoms with van der Waals surface area (Å²) >= 11 is 0. The minimum absolute atomic E-state index is 0.401. The molecule has 1 heteroatoms. The van der Waals surface area contributed by atoms with Crippen molar-refractivity contribution < 1.29 is 4.74 Å². The van der Waals surface area contributed by atoms with Crippen LogP contribution in [0.2, 0.25) is 0 Å². The van der Waals surface area contributed by atoms with Crippen LogP contribution in [0.15, 0.2) is 12.7 Å². The lowest BCUT2D eigenvalue weighted by molar-refractivity contribution is 0.264. The monoisotopic (exact) mass is 152 g/mol. The summed E-state index contributed by atoms with van der Waals surface area (Å²) in [5, 5.41) is 0. The van der Waals surface area contributed by atoms with Crippen molar-refractivity contribution >= 4 is 0 Å². The largest absolute Gasteiger partial charge is 0.365 e. The summed E-state index contributed by atoms with van der Waals surface area (Å²) in [4.78, 5) is 0. The fourth-order valence-corrected chi connectivity index (χ4v) is 2.17. The zero-order valence-electron chi connectivity index (χ0n) is 6.96. The maximum Gasteiger partial charge on any atom is 0.102 e. The Morgan fingerprint density at radius 1 is 1.18 bits per heavy atom. The highest BCUT2D eigenvalue weighted by Crippen LogP contribution is 2.38. The van der Waals surface area contributed by atoms with Gasteiger partial charge >= 0.3 is 0 Å². The van der Waals surface area contributed by atoms with Gasteiger partial charge in [-0.25, -0.2) is 0 Å². The maximum absolute atomic E-state index is 5.49. The van der Waals surface area contributed by atoms with Gasteiger partial charge in [-0.1, -0.05) is 25.3 Å². The Kier molecular flexibility index (Phi) is 1.99. The first kappa shape index (κ1) is 7.35. The Balaban J connectivity index is 1.81. The Labute approximate surface area is 68.4 Å². The number of epoxide rings is 1. The molecule has 62 valence electrons. The Morgan fingerprint density at radius 2 is 1.91 bits per heavy atom. The van der Waals surface area contributed by atoms with E-state index in [4.69, 9.17) is 4.74 Å². The molecule has 2 fully saturated rings. The van der Waals surface area contributed by atoms with Crippen molar-refractivity contribution in [1.82, 2.24) is 0 Å². The van der Waals surface area contributed by atoms with Crippen LogP contribution in [0.3, 0.4) is 0 Å². The molecule has 0 spiro atoms. The minimum atomic E-state index is 0.401. The molecule has 0 radical (unpaired) electrons. The van der Waals surface area contributed by atoms with Gasteiger partial charge in [0.05, 0.1) is 6.10 Å². The van der Waals surface area contributed by atoms with Crippen LogP contribution in [-0.2, 0) is 4.74 Å². The molecule has 1 saturated heterocycles. The Bertz CT molecular complexity index is 147. The van der Waals surface area contributed by atoms with Crippen molar-refractivity contribution in [3.63, 3.8) is 0 Å². The lowest BCUT2D eigenvalue weighted by atomic mass is 9.86. The van der Waals surface area contributed by atoms with E-state index in [9.17, 15) is 0 Å². The quantitative estimate of drug-likeness (QED) is 0.437. The first-order valence-electron chi connectivity index (χ1n) is 4.70. The minimum Gasteiger partial charge on any atom is -0.365 e. The molecule has 1 nitrogen and oxygen atoms in total. The second kappa shape index (κ2) is 2.98. The fourth-order valence-electron chi connectivity index (χ4n) is 2.17. The van der Waals surface area contributed by atoms with E-state index in [-0.39, 0.29) is 0 Å². The van der Waals surface area contributed by atoms with E-state index in [0.717, 1.165) is 5.92 Å². The average molecular weight is 152 g/mol. The normalized spacial score (nSPS) is 38.5. The molecule has 0 bridgehead atoms. The summed E-state index contributed by atoms with van der Waals surface area (Å²) in [6.45, 7) is 3.74. The highest BCUT2D eigenvalue weighted by Gasteiger charge is 2.42. The number of ether oxygens (including phenoxy) is 1. The van der Waals surface area contributed by atoms with Crippen LogP contribution in [0.1, 0.15) is 32.1 Å². The number of hydrogen-bond acceptors (Lipinski definition) is 1. The molecule has 0 amide bonds. The van der Waals surface area contributed by atoms with Crippen molar-refractivity contribution in [2.24, 2.45) is 5.92 Å². The summed E-state index contributed by atoms with van der Waals surface area (Å²) < 4.78 is 5.49. The molecule has 0 aromatic rings. The van der Waals surface area contributed by atoms with Gasteiger partial charge in [-0.15, -0.1) is 6.58 Å². The standard InChI is InChI=1S/C10H16O/c1-2-9-10(11-9)8-6-4-3-5-7-8/h2,8-10H,1,3-7H2/t9-,10+/m1/s1. The lowest BCUT2D eigenvalue weighted by Gasteiger charge is -2.19. The molecular formula is C10H16O. The first-order chi connectivity index (χ1) is 5.42. The Morgan fingerprint density at radius 3 is 2.45 bits per heavy atom. The molecule has 1 aliphatic heterocycles. The fraction of sp³-hybridized carbons (Fsp3) is 0.800. The average Bonchev–Trinajstić information content (AvgIpc) is 2.85. The van der Waals surface area contributed by atoms with Gasteiger partial charge in [-0.3, -0.25) is 0 Å². The van der Waals surface area contributed by atoms with Crippen LogP contribution in [0.5, 0.6) is 0 Å². The molecular weight excluding hydrogens is 136 g/mol. The second-order valence-corrected chi connectivity index (χ2v) is 3.70. The molecule has 1 aliphatic carbocycles. The van der Waals surface area contributed by atoms with Gasteiger partial charge in [0.1, 0.15) is 6.10 Å². The predicted molar refractivity (Wildman–Crippen MR) is 45.4 cm³/mol. The smallest absolute Gasteiger partial charge is 0.102 e. The summed E-state index contributed by atoms with van der Waals surface area (Å²) in [7, 11) is 0. The molecule has 1 heterocycles. The maximum atomic E-state index is 5.49. The van der Waals surface area contributed by atoms with Gasteiger partial charge in [0.2, 0.25) is 0 Å². The third-order valence-electron chi connectivity index (χ3n) is 2.91. The van der Waals surface area contributed by atoms with Crippen molar-refractivity contribution in [2.75, 3.05) is 0 Å². The van der Waals surface area contributed by atoms with Gasteiger partial charge < -0.3 is 4.74 Å². The number of hydrogen-bond donors (Lipinski definition) is 0.